The second-order valence-corrected chi connectivity index (χ2v) is 6.86. The Labute approximate surface area is 205 Å². The molecule has 3 aromatic rings. The van der Waals surface area contributed by atoms with Gasteiger partial charge in [0.15, 0.2) is 0 Å². The maximum Gasteiger partial charge on any atom is 0.326 e. The van der Waals surface area contributed by atoms with E-state index >= 15 is 0 Å². The predicted octanol–water partition coefficient (Wildman–Crippen LogP) is 3.84. The van der Waals surface area contributed by atoms with Gasteiger partial charge in [0, 0.05) is 29.6 Å². The third-order valence-electron chi connectivity index (χ3n) is 4.59. The molecule has 0 bridgehead atoms. The van der Waals surface area contributed by atoms with Crippen LogP contribution in [-0.4, -0.2) is 23.1 Å². The molecule has 0 radical (unpaired) electrons. The van der Waals surface area contributed by atoms with Crippen LogP contribution in [0, 0.1) is 19.3 Å². The topological polar surface area (TPSA) is 123 Å². The summed E-state index contributed by atoms with van der Waals surface area (Å²) < 4.78 is 5.05. The van der Waals surface area contributed by atoms with Gasteiger partial charge in [-0.3, -0.25) is 5.32 Å². The zero-order chi connectivity index (χ0) is 25.6. The SMILES string of the molecule is C#Cc1cccc(NC(=O)N/C(=C/NCc2ccc(-c3cnc(OC)nc3C)cc2)ON)c1.C=C. The molecule has 0 saturated heterocycles. The maximum absolute atomic E-state index is 12.2. The van der Waals surface area contributed by atoms with Crippen molar-refractivity contribution in [1.29, 1.82) is 0 Å². The van der Waals surface area contributed by atoms with Crippen molar-refractivity contribution in [2.75, 3.05) is 12.4 Å². The van der Waals surface area contributed by atoms with Gasteiger partial charge in [-0.05, 0) is 36.2 Å². The van der Waals surface area contributed by atoms with E-state index in [2.05, 4.69) is 45.0 Å². The van der Waals surface area contributed by atoms with Gasteiger partial charge in [-0.2, -0.15) is 10.9 Å². The Kier molecular flexibility index (Phi) is 10.3. The Morgan fingerprint density at radius 3 is 2.60 bits per heavy atom. The second kappa shape index (κ2) is 13.7. The number of methoxy groups -OCH3 is 1. The zero-order valence-corrected chi connectivity index (χ0v) is 19.7. The molecule has 0 aliphatic rings. The van der Waals surface area contributed by atoms with Gasteiger partial charge in [0.05, 0.1) is 19.0 Å². The number of urea groups is 1. The molecule has 5 N–H and O–H groups in total. The summed E-state index contributed by atoms with van der Waals surface area (Å²) >= 11 is 0. The van der Waals surface area contributed by atoms with Crippen molar-refractivity contribution in [1.82, 2.24) is 20.6 Å². The molecule has 0 spiro atoms. The number of nitrogens with one attached hydrogen (secondary N) is 3. The Hall–Kier alpha value is -4.81. The summed E-state index contributed by atoms with van der Waals surface area (Å²) in [7, 11) is 1.53. The maximum atomic E-state index is 12.2. The lowest BCUT2D eigenvalue weighted by molar-refractivity contribution is 0.193. The van der Waals surface area contributed by atoms with Crippen molar-refractivity contribution >= 4 is 11.7 Å². The quantitative estimate of drug-likeness (QED) is 0.170. The Balaban J connectivity index is 0.00000210. The summed E-state index contributed by atoms with van der Waals surface area (Å²) in [5.74, 6) is 7.81. The fraction of sp³-hybridized carbons (Fsp3) is 0.115. The van der Waals surface area contributed by atoms with Gasteiger partial charge < -0.3 is 20.2 Å². The summed E-state index contributed by atoms with van der Waals surface area (Å²) in [5.41, 5.74) is 4.96. The van der Waals surface area contributed by atoms with E-state index in [0.717, 1.165) is 22.4 Å². The summed E-state index contributed by atoms with van der Waals surface area (Å²) in [6, 6.07) is 14.6. The van der Waals surface area contributed by atoms with Crippen molar-refractivity contribution in [3.63, 3.8) is 0 Å². The average molecular weight is 473 g/mol. The lowest BCUT2D eigenvalue weighted by atomic mass is 10.0. The first-order valence-corrected chi connectivity index (χ1v) is 10.4. The number of carbonyl (C=O) groups excluding carboxylic acids is 1. The van der Waals surface area contributed by atoms with E-state index in [9.17, 15) is 4.79 Å². The van der Waals surface area contributed by atoms with Gasteiger partial charge in [-0.15, -0.1) is 19.6 Å². The lowest BCUT2D eigenvalue weighted by Crippen LogP contribution is -2.31. The number of hydrogen-bond donors (Lipinski definition) is 4. The van der Waals surface area contributed by atoms with E-state index in [-0.39, 0.29) is 5.88 Å². The lowest BCUT2D eigenvalue weighted by Gasteiger charge is -2.11. The van der Waals surface area contributed by atoms with Gasteiger partial charge in [0.2, 0.25) is 5.88 Å². The molecular weight excluding hydrogens is 444 g/mol. The van der Waals surface area contributed by atoms with Gasteiger partial charge in [0.1, 0.15) is 0 Å². The van der Waals surface area contributed by atoms with Crippen LogP contribution in [0.1, 0.15) is 16.8 Å². The molecule has 180 valence electrons. The highest BCUT2D eigenvalue weighted by Gasteiger charge is 2.07. The van der Waals surface area contributed by atoms with Crippen LogP contribution < -0.4 is 26.6 Å². The molecule has 0 saturated carbocycles. The van der Waals surface area contributed by atoms with Crippen LogP contribution in [0.2, 0.25) is 0 Å². The number of anilines is 1. The molecule has 0 aliphatic carbocycles. The Bertz CT molecular complexity index is 1200. The summed E-state index contributed by atoms with van der Waals surface area (Å²) in [5, 5.41) is 8.21. The van der Waals surface area contributed by atoms with Crippen molar-refractivity contribution in [2.45, 2.75) is 13.5 Å². The summed E-state index contributed by atoms with van der Waals surface area (Å²) in [6.45, 7) is 8.39. The molecular formula is C26H28N6O3. The van der Waals surface area contributed by atoms with Crippen LogP contribution in [0.25, 0.3) is 11.1 Å². The first-order chi connectivity index (χ1) is 17.0. The van der Waals surface area contributed by atoms with Gasteiger partial charge in [-0.1, -0.05) is 36.3 Å². The van der Waals surface area contributed by atoms with E-state index in [0.29, 0.717) is 23.8 Å². The smallest absolute Gasteiger partial charge is 0.326 e. The zero-order valence-electron chi connectivity index (χ0n) is 19.7. The second-order valence-electron chi connectivity index (χ2n) is 6.86. The minimum atomic E-state index is -0.524. The molecule has 9 nitrogen and oxygen atoms in total. The van der Waals surface area contributed by atoms with Crippen molar-refractivity contribution < 1.29 is 14.4 Å². The minimum Gasteiger partial charge on any atom is -0.467 e. The van der Waals surface area contributed by atoms with Gasteiger partial charge >= 0.3 is 12.0 Å². The number of ether oxygens (including phenoxy) is 1. The molecule has 35 heavy (non-hydrogen) atoms. The third-order valence-corrected chi connectivity index (χ3v) is 4.59. The predicted molar refractivity (Wildman–Crippen MR) is 137 cm³/mol. The van der Waals surface area contributed by atoms with Crippen LogP contribution >= 0.6 is 0 Å². The van der Waals surface area contributed by atoms with Crippen molar-refractivity contribution in [3.05, 3.63) is 96.8 Å². The number of rotatable bonds is 8. The van der Waals surface area contributed by atoms with Crippen LogP contribution in [0.15, 0.2) is 80.0 Å². The van der Waals surface area contributed by atoms with E-state index in [4.69, 9.17) is 21.9 Å². The highest BCUT2D eigenvalue weighted by molar-refractivity contribution is 5.90. The minimum absolute atomic E-state index is 0.0447. The largest absolute Gasteiger partial charge is 0.467 e. The van der Waals surface area contributed by atoms with Crippen LogP contribution in [0.3, 0.4) is 0 Å². The van der Waals surface area contributed by atoms with Gasteiger partial charge in [-0.25, -0.2) is 9.78 Å². The molecule has 2 aromatic carbocycles. The monoisotopic (exact) mass is 472 g/mol. The number of terminal acetylenes is 1. The summed E-state index contributed by atoms with van der Waals surface area (Å²) in [6.07, 6.45) is 8.57. The fourth-order valence-corrected chi connectivity index (χ4v) is 2.95. The molecule has 0 unspecified atom stereocenters. The van der Waals surface area contributed by atoms with Crippen LogP contribution in [0.4, 0.5) is 10.5 Å². The number of nitrogens with two attached hydrogens (primary N) is 1. The molecule has 3 rings (SSSR count). The molecule has 1 heterocycles. The van der Waals surface area contributed by atoms with E-state index in [1.807, 2.05) is 31.2 Å². The van der Waals surface area contributed by atoms with E-state index < -0.39 is 6.03 Å². The van der Waals surface area contributed by atoms with Crippen molar-refractivity contribution in [3.8, 4) is 29.5 Å². The Morgan fingerprint density at radius 2 is 1.97 bits per heavy atom. The number of carbonyl (C=O) groups is 1. The number of benzene rings is 2. The van der Waals surface area contributed by atoms with Crippen LogP contribution in [0.5, 0.6) is 6.01 Å². The van der Waals surface area contributed by atoms with Crippen LogP contribution in [-0.2, 0) is 11.4 Å². The number of nitrogens with zero attached hydrogens (tertiary/aromatic N) is 2. The number of hydrogen-bond acceptors (Lipinski definition) is 7. The molecule has 0 fully saturated rings. The highest BCUT2D eigenvalue weighted by Crippen LogP contribution is 2.23. The normalized spacial score (nSPS) is 10.2. The van der Waals surface area contributed by atoms with E-state index in [1.54, 1.807) is 30.5 Å². The number of aryl methyl sites for hydroxylation is 1. The first kappa shape index (κ1) is 26.4. The highest BCUT2D eigenvalue weighted by atomic mass is 16.6. The molecule has 2 amide bonds. The average Bonchev–Trinajstić information content (AvgIpc) is 2.89. The fourth-order valence-electron chi connectivity index (χ4n) is 2.95. The number of amides is 2. The van der Waals surface area contributed by atoms with E-state index in [1.165, 1.54) is 13.3 Å². The standard InChI is InChI=1S/C24H24N6O3.C2H4/c1-4-17-6-5-7-20(12-17)29-23(31)30-22(33-25)15-26-13-18-8-10-19(11-9-18)21-14-27-24(32-3)28-16(21)2;1-2/h1,5-12,14-15,26H,13,25H2,2-3H3,(H2,29,30,31);1-2H2/b22-15-;. The van der Waals surface area contributed by atoms with Crippen molar-refractivity contribution in [2.24, 2.45) is 5.90 Å². The first-order valence-electron chi connectivity index (χ1n) is 10.4. The molecule has 9 heteroatoms. The third kappa shape index (κ3) is 7.92. The van der Waals surface area contributed by atoms with Gasteiger partial charge in [0.25, 0.3) is 0 Å². The molecule has 1 aromatic heterocycles. The molecule has 0 atom stereocenters. The molecule has 0 aliphatic heterocycles. The Morgan fingerprint density at radius 1 is 1.23 bits per heavy atom. The number of aromatic nitrogens is 2. The summed E-state index contributed by atoms with van der Waals surface area (Å²) in [4.78, 5) is 25.3.